The monoisotopic (exact) mass is 465 g/mol. The van der Waals surface area contributed by atoms with Gasteiger partial charge in [-0.05, 0) is 19.3 Å². The van der Waals surface area contributed by atoms with Crippen molar-refractivity contribution in [2.45, 2.75) is 130 Å². The Bertz CT molecular complexity index is 496. The third-order valence-electron chi connectivity index (χ3n) is 5.66. The first-order valence-corrected chi connectivity index (χ1v) is 14.1. The van der Waals surface area contributed by atoms with Crippen molar-refractivity contribution in [3.05, 3.63) is 0 Å². The summed E-state index contributed by atoms with van der Waals surface area (Å²) >= 11 is 0. The zero-order chi connectivity index (χ0) is 24.0. The van der Waals surface area contributed by atoms with E-state index in [2.05, 4.69) is 6.92 Å². The van der Waals surface area contributed by atoms with E-state index in [0.717, 1.165) is 19.3 Å². The minimum absolute atomic E-state index is 0.0718. The molecule has 3 N–H and O–H groups in total. The lowest BCUT2D eigenvalue weighted by Crippen LogP contribution is -2.36. The fourth-order valence-corrected chi connectivity index (χ4v) is 3.60. The highest BCUT2D eigenvalue weighted by atomic mass is 32.2. The van der Waals surface area contributed by atoms with Gasteiger partial charge < -0.3 is 10.8 Å². The van der Waals surface area contributed by atoms with Gasteiger partial charge in [0.1, 0.15) is 6.04 Å². The van der Waals surface area contributed by atoms with E-state index >= 15 is 0 Å². The molecule has 0 saturated heterocycles. The fourth-order valence-electron chi connectivity index (χ4n) is 3.06. The highest BCUT2D eigenvalue weighted by Crippen LogP contribution is 2.13. The first-order chi connectivity index (χ1) is 14.7. The maximum atomic E-state index is 11.1. The van der Waals surface area contributed by atoms with E-state index in [0.29, 0.717) is 6.61 Å². The summed E-state index contributed by atoms with van der Waals surface area (Å²) in [5.74, 6) is -0.766. The van der Waals surface area contributed by atoms with E-state index in [9.17, 15) is 13.2 Å². The van der Waals surface area contributed by atoms with E-state index in [1.807, 2.05) is 13.8 Å². The summed E-state index contributed by atoms with van der Waals surface area (Å²) in [5.41, 5.74) is 5.27. The average Bonchev–Trinajstić information content (AvgIpc) is 2.75. The van der Waals surface area contributed by atoms with E-state index in [1.165, 1.54) is 77.0 Å². The van der Waals surface area contributed by atoms with Crippen LogP contribution in [0, 0.1) is 5.92 Å². The number of hydrogen-bond donors (Lipinski definition) is 2. The molecule has 0 heterocycles. The van der Waals surface area contributed by atoms with Crippen molar-refractivity contribution < 1.29 is 22.5 Å². The van der Waals surface area contributed by atoms with Crippen molar-refractivity contribution in [2.24, 2.45) is 11.7 Å². The number of unbranched alkanes of at least 4 members (excludes halogenated alkanes) is 13. The number of rotatable bonds is 20. The number of carboxylic acids is 1. The molecule has 0 unspecified atom stereocenters. The van der Waals surface area contributed by atoms with Gasteiger partial charge in [0.15, 0.2) is 0 Å². The Labute approximate surface area is 192 Å². The SMILES string of the molecule is CCCCCCCCCCCCCCCCOS(=O)(=O)CC.CC[C@H](C)[C@H](N)C(=O)O. The molecule has 0 aliphatic heterocycles. The summed E-state index contributed by atoms with van der Waals surface area (Å²) < 4.78 is 27.1. The van der Waals surface area contributed by atoms with Crippen LogP contribution in [0.5, 0.6) is 0 Å². The van der Waals surface area contributed by atoms with Crippen LogP contribution in [0.4, 0.5) is 0 Å². The summed E-state index contributed by atoms with van der Waals surface area (Å²) in [6.07, 6.45) is 19.1. The molecule has 2 atom stereocenters. The molecule has 0 aromatic carbocycles. The Hall–Kier alpha value is -0.660. The molecule has 0 aromatic heterocycles. The standard InChI is InChI=1S/C18H38O3S.C6H13NO2/c1-3-5-6-7-8-9-10-11-12-13-14-15-16-17-18-21-22(19,20)4-2;1-3-4(2)5(7)6(8)9/h3-18H2,1-2H3;4-5H,3,7H2,1-2H3,(H,8,9)/t;4-,5-/m.0/s1. The van der Waals surface area contributed by atoms with E-state index in [-0.39, 0.29) is 11.7 Å². The molecule has 0 spiro atoms. The lowest BCUT2D eigenvalue weighted by Gasteiger charge is -2.11. The van der Waals surface area contributed by atoms with Crippen LogP contribution < -0.4 is 5.73 Å². The molecule has 0 aliphatic carbocycles. The molecule has 31 heavy (non-hydrogen) atoms. The van der Waals surface area contributed by atoms with Crippen molar-refractivity contribution in [3.8, 4) is 0 Å². The lowest BCUT2D eigenvalue weighted by molar-refractivity contribution is -0.139. The van der Waals surface area contributed by atoms with Gasteiger partial charge in [-0.1, -0.05) is 111 Å². The second-order valence-electron chi connectivity index (χ2n) is 8.51. The number of carboxylic acid groups (broad SMARTS) is 1. The minimum Gasteiger partial charge on any atom is -0.480 e. The van der Waals surface area contributed by atoms with Crippen LogP contribution in [-0.4, -0.2) is 37.9 Å². The zero-order valence-electron chi connectivity index (χ0n) is 20.7. The highest BCUT2D eigenvalue weighted by molar-refractivity contribution is 7.86. The summed E-state index contributed by atoms with van der Waals surface area (Å²) in [4.78, 5) is 10.2. The first-order valence-electron chi connectivity index (χ1n) is 12.6. The minimum atomic E-state index is -3.24. The lowest BCUT2D eigenvalue weighted by atomic mass is 10.0. The average molecular weight is 466 g/mol. The topological polar surface area (TPSA) is 107 Å². The number of nitrogens with two attached hydrogens (primary N) is 1. The molecule has 6 nitrogen and oxygen atoms in total. The molecule has 0 aromatic rings. The molecule has 0 amide bonds. The molecule has 7 heteroatoms. The van der Waals surface area contributed by atoms with E-state index < -0.39 is 22.1 Å². The van der Waals surface area contributed by atoms with Gasteiger partial charge in [0.2, 0.25) is 0 Å². The van der Waals surface area contributed by atoms with E-state index in [4.69, 9.17) is 15.0 Å². The smallest absolute Gasteiger partial charge is 0.320 e. The van der Waals surface area contributed by atoms with Gasteiger partial charge in [0.25, 0.3) is 10.1 Å². The molecular formula is C24H51NO5S. The third kappa shape index (κ3) is 23.8. The van der Waals surface area contributed by atoms with Crippen LogP contribution in [0.15, 0.2) is 0 Å². The van der Waals surface area contributed by atoms with Crippen LogP contribution in [0.1, 0.15) is 124 Å². The Balaban J connectivity index is 0. The largest absolute Gasteiger partial charge is 0.480 e. The predicted molar refractivity (Wildman–Crippen MR) is 131 cm³/mol. The van der Waals surface area contributed by atoms with Crippen molar-refractivity contribution in [3.63, 3.8) is 0 Å². The molecule has 0 radical (unpaired) electrons. The second-order valence-corrected chi connectivity index (χ2v) is 10.4. The van der Waals surface area contributed by atoms with Gasteiger partial charge in [0.05, 0.1) is 12.4 Å². The predicted octanol–water partition coefficient (Wildman–Crippen LogP) is 6.28. The summed E-state index contributed by atoms with van der Waals surface area (Å²) in [6.45, 7) is 7.99. The summed E-state index contributed by atoms with van der Waals surface area (Å²) in [6, 6.07) is -0.699. The summed E-state index contributed by atoms with van der Waals surface area (Å²) in [5, 5.41) is 8.36. The number of hydrogen-bond acceptors (Lipinski definition) is 5. The fraction of sp³-hybridized carbons (Fsp3) is 0.958. The van der Waals surface area contributed by atoms with Gasteiger partial charge in [-0.3, -0.25) is 8.98 Å². The molecule has 0 saturated carbocycles. The normalized spacial score (nSPS) is 13.3. The Morgan fingerprint density at radius 3 is 1.48 bits per heavy atom. The van der Waals surface area contributed by atoms with Gasteiger partial charge in [0, 0.05) is 0 Å². The van der Waals surface area contributed by atoms with Crippen LogP contribution in [-0.2, 0) is 19.1 Å². The molecule has 0 fully saturated rings. The van der Waals surface area contributed by atoms with Gasteiger partial charge in [-0.15, -0.1) is 0 Å². The molecule has 188 valence electrons. The van der Waals surface area contributed by atoms with Crippen molar-refractivity contribution in [2.75, 3.05) is 12.4 Å². The highest BCUT2D eigenvalue weighted by Gasteiger charge is 2.17. The summed E-state index contributed by atoms with van der Waals surface area (Å²) in [7, 11) is -3.24. The molecule has 0 aliphatic rings. The quantitative estimate of drug-likeness (QED) is 0.162. The van der Waals surface area contributed by atoms with Crippen molar-refractivity contribution in [1.82, 2.24) is 0 Å². The van der Waals surface area contributed by atoms with Gasteiger partial charge in [-0.25, -0.2) is 0 Å². The van der Waals surface area contributed by atoms with Crippen molar-refractivity contribution >= 4 is 16.1 Å². The van der Waals surface area contributed by atoms with Crippen LogP contribution >= 0.6 is 0 Å². The van der Waals surface area contributed by atoms with Gasteiger partial charge in [-0.2, -0.15) is 8.42 Å². The first kappa shape index (κ1) is 32.5. The second kappa shape index (κ2) is 22.5. The Kier molecular flexibility index (Phi) is 23.6. The number of carbonyl (C=O) groups is 1. The van der Waals surface area contributed by atoms with Gasteiger partial charge >= 0.3 is 5.97 Å². The zero-order valence-corrected chi connectivity index (χ0v) is 21.6. The maximum absolute atomic E-state index is 11.1. The number of aliphatic carboxylic acids is 1. The van der Waals surface area contributed by atoms with Crippen LogP contribution in [0.25, 0.3) is 0 Å². The van der Waals surface area contributed by atoms with E-state index in [1.54, 1.807) is 6.92 Å². The van der Waals surface area contributed by atoms with Crippen molar-refractivity contribution in [1.29, 1.82) is 0 Å². The molecular weight excluding hydrogens is 414 g/mol. The Morgan fingerprint density at radius 1 is 0.806 bits per heavy atom. The molecule has 0 bridgehead atoms. The maximum Gasteiger partial charge on any atom is 0.320 e. The van der Waals surface area contributed by atoms with Crippen LogP contribution in [0.3, 0.4) is 0 Å². The Morgan fingerprint density at radius 2 is 1.19 bits per heavy atom. The molecule has 0 rings (SSSR count). The van der Waals surface area contributed by atoms with Crippen LogP contribution in [0.2, 0.25) is 0 Å². The third-order valence-corrected chi connectivity index (χ3v) is 6.89.